The SMILES string of the molecule is C=C(c1cc(F)ccc1C(F)(F)F)S(=O)(=O)c1ccc(C(F)(F)F)cc1. The minimum atomic E-state index is -4.98. The Hall–Kier alpha value is -2.36. The van der Waals surface area contributed by atoms with Gasteiger partial charge in [-0.2, -0.15) is 26.3 Å². The van der Waals surface area contributed by atoms with Crippen molar-refractivity contribution in [2.45, 2.75) is 17.2 Å². The molecule has 0 radical (unpaired) electrons. The molecule has 0 atom stereocenters. The molecule has 0 N–H and O–H groups in total. The Morgan fingerprint density at radius 2 is 1.38 bits per heavy atom. The molecule has 0 bridgehead atoms. The van der Waals surface area contributed by atoms with Gasteiger partial charge in [0.05, 0.1) is 20.9 Å². The molecule has 0 saturated heterocycles. The van der Waals surface area contributed by atoms with E-state index in [1.807, 2.05) is 0 Å². The molecule has 0 aliphatic heterocycles. The van der Waals surface area contributed by atoms with Crippen LogP contribution in [-0.2, 0) is 22.2 Å². The topological polar surface area (TPSA) is 34.1 Å². The average Bonchev–Trinajstić information content (AvgIpc) is 2.52. The normalized spacial score (nSPS) is 12.9. The van der Waals surface area contributed by atoms with Gasteiger partial charge in [-0.15, -0.1) is 0 Å². The molecule has 0 heterocycles. The van der Waals surface area contributed by atoms with Gasteiger partial charge in [0, 0.05) is 5.56 Å². The molecule has 2 aromatic rings. The lowest BCUT2D eigenvalue weighted by atomic mass is 10.1. The van der Waals surface area contributed by atoms with Crippen LogP contribution in [0.4, 0.5) is 30.7 Å². The monoisotopic (exact) mass is 398 g/mol. The summed E-state index contributed by atoms with van der Waals surface area (Å²) in [5.41, 5.74) is -3.58. The molecule has 0 aliphatic rings. The van der Waals surface area contributed by atoms with E-state index in [0.717, 1.165) is 0 Å². The minimum absolute atomic E-state index is 0.354. The van der Waals surface area contributed by atoms with Gasteiger partial charge in [0.25, 0.3) is 0 Å². The van der Waals surface area contributed by atoms with E-state index >= 15 is 0 Å². The zero-order chi connectivity index (χ0) is 19.9. The zero-order valence-electron chi connectivity index (χ0n) is 12.6. The molecule has 0 unspecified atom stereocenters. The largest absolute Gasteiger partial charge is 0.417 e. The van der Waals surface area contributed by atoms with Gasteiger partial charge < -0.3 is 0 Å². The highest BCUT2D eigenvalue weighted by atomic mass is 32.2. The number of hydrogen-bond donors (Lipinski definition) is 0. The van der Waals surface area contributed by atoms with Gasteiger partial charge in [0.2, 0.25) is 9.84 Å². The van der Waals surface area contributed by atoms with Crippen molar-refractivity contribution in [1.29, 1.82) is 0 Å². The summed E-state index contributed by atoms with van der Waals surface area (Å²) in [5, 5.41) is 0. The van der Waals surface area contributed by atoms with Gasteiger partial charge in [0.15, 0.2) is 0 Å². The van der Waals surface area contributed by atoms with Crippen LogP contribution in [0.15, 0.2) is 53.9 Å². The standard InChI is InChI=1S/C16H9F7O2S/c1-9(13-8-11(17)4-7-14(13)16(21,22)23)26(24,25)12-5-2-10(3-6-12)15(18,19)20/h2-8H,1H2. The molecule has 0 aromatic heterocycles. The van der Waals surface area contributed by atoms with E-state index in [2.05, 4.69) is 6.58 Å². The maximum absolute atomic E-state index is 13.3. The van der Waals surface area contributed by atoms with Crippen molar-refractivity contribution in [2.75, 3.05) is 0 Å². The summed E-state index contributed by atoms with van der Waals surface area (Å²) in [4.78, 5) is -1.78. The average molecular weight is 398 g/mol. The van der Waals surface area contributed by atoms with Gasteiger partial charge in [-0.3, -0.25) is 0 Å². The number of halogens is 7. The first-order chi connectivity index (χ1) is 11.7. The third-order valence-electron chi connectivity index (χ3n) is 3.40. The summed E-state index contributed by atoms with van der Waals surface area (Å²) in [5.74, 6) is -1.13. The molecule has 0 saturated carbocycles. The van der Waals surface area contributed by atoms with Crippen LogP contribution in [0.2, 0.25) is 0 Å². The van der Waals surface area contributed by atoms with Crippen molar-refractivity contribution in [3.05, 3.63) is 71.6 Å². The van der Waals surface area contributed by atoms with Gasteiger partial charge >= 0.3 is 12.4 Å². The number of benzene rings is 2. The highest BCUT2D eigenvalue weighted by Crippen LogP contribution is 2.38. The van der Waals surface area contributed by atoms with Gasteiger partial charge in [-0.05, 0) is 42.5 Å². The number of rotatable bonds is 3. The summed E-state index contributed by atoms with van der Waals surface area (Å²) in [7, 11) is -4.68. The smallest absolute Gasteiger partial charge is 0.219 e. The molecule has 10 heteroatoms. The molecule has 0 amide bonds. The Balaban J connectivity index is 2.54. The van der Waals surface area contributed by atoms with Crippen molar-refractivity contribution < 1.29 is 39.2 Å². The van der Waals surface area contributed by atoms with Crippen LogP contribution in [0.25, 0.3) is 4.91 Å². The van der Waals surface area contributed by atoms with Crippen molar-refractivity contribution in [2.24, 2.45) is 0 Å². The summed E-state index contributed by atoms with van der Waals surface area (Å²) in [6.07, 6.45) is -9.70. The Kier molecular flexibility index (Phi) is 4.93. The second kappa shape index (κ2) is 6.42. The van der Waals surface area contributed by atoms with E-state index in [9.17, 15) is 39.2 Å². The maximum atomic E-state index is 13.3. The van der Waals surface area contributed by atoms with Crippen LogP contribution in [-0.4, -0.2) is 8.42 Å². The van der Waals surface area contributed by atoms with E-state index in [0.29, 0.717) is 42.5 Å². The molecule has 2 rings (SSSR count). The van der Waals surface area contributed by atoms with Gasteiger partial charge in [-0.1, -0.05) is 6.58 Å². The lowest BCUT2D eigenvalue weighted by Crippen LogP contribution is -2.13. The van der Waals surface area contributed by atoms with E-state index in [-0.39, 0.29) is 0 Å². The predicted molar refractivity (Wildman–Crippen MR) is 79.1 cm³/mol. The summed E-state index contributed by atoms with van der Waals surface area (Å²) >= 11 is 0. The van der Waals surface area contributed by atoms with Crippen molar-refractivity contribution in [1.82, 2.24) is 0 Å². The molecule has 0 aliphatic carbocycles. The van der Waals surface area contributed by atoms with Gasteiger partial charge in [0.1, 0.15) is 5.82 Å². The lowest BCUT2D eigenvalue weighted by molar-refractivity contribution is -0.138. The van der Waals surface area contributed by atoms with Gasteiger partial charge in [-0.25, -0.2) is 12.8 Å². The van der Waals surface area contributed by atoms with Crippen LogP contribution in [0, 0.1) is 5.82 Å². The second-order valence-electron chi connectivity index (χ2n) is 5.14. The molecule has 140 valence electrons. The highest BCUT2D eigenvalue weighted by Gasteiger charge is 2.37. The van der Waals surface area contributed by atoms with E-state index in [4.69, 9.17) is 0 Å². The molecule has 2 nitrogen and oxygen atoms in total. The van der Waals surface area contributed by atoms with Crippen LogP contribution in [0.5, 0.6) is 0 Å². The number of hydrogen-bond acceptors (Lipinski definition) is 2. The fraction of sp³-hybridized carbons (Fsp3) is 0.125. The Morgan fingerprint density at radius 3 is 1.85 bits per heavy atom. The fourth-order valence-electron chi connectivity index (χ4n) is 2.10. The fourth-order valence-corrected chi connectivity index (χ4v) is 3.34. The Bertz CT molecular complexity index is 940. The molecule has 26 heavy (non-hydrogen) atoms. The molecular formula is C16H9F7O2S. The quantitative estimate of drug-likeness (QED) is 0.657. The van der Waals surface area contributed by atoms with Crippen molar-refractivity contribution >= 4 is 14.7 Å². The van der Waals surface area contributed by atoms with Crippen LogP contribution in [0.1, 0.15) is 16.7 Å². The van der Waals surface area contributed by atoms with Crippen LogP contribution < -0.4 is 0 Å². The lowest BCUT2D eigenvalue weighted by Gasteiger charge is -2.15. The minimum Gasteiger partial charge on any atom is -0.219 e. The molecule has 0 spiro atoms. The summed E-state index contributed by atoms with van der Waals surface area (Å²) in [6, 6.07) is 3.34. The van der Waals surface area contributed by atoms with E-state index in [1.54, 1.807) is 0 Å². The summed E-state index contributed by atoms with van der Waals surface area (Å²) in [6.45, 7) is 3.08. The first kappa shape index (κ1) is 20.0. The van der Waals surface area contributed by atoms with Crippen molar-refractivity contribution in [3.63, 3.8) is 0 Å². The molecule has 0 fully saturated rings. The highest BCUT2D eigenvalue weighted by molar-refractivity contribution is 8.00. The number of alkyl halides is 6. The Morgan fingerprint density at radius 1 is 0.846 bits per heavy atom. The third-order valence-corrected chi connectivity index (χ3v) is 5.17. The summed E-state index contributed by atoms with van der Waals surface area (Å²) < 4.78 is 115. The Labute approximate surface area is 143 Å². The van der Waals surface area contributed by atoms with E-state index < -0.39 is 54.5 Å². The predicted octanol–water partition coefficient (Wildman–Crippen LogP) is 5.31. The zero-order valence-corrected chi connectivity index (χ0v) is 13.4. The molecule has 2 aromatic carbocycles. The van der Waals surface area contributed by atoms with Crippen LogP contribution >= 0.6 is 0 Å². The maximum Gasteiger partial charge on any atom is 0.417 e. The first-order valence-electron chi connectivity index (χ1n) is 6.73. The van der Waals surface area contributed by atoms with Crippen LogP contribution in [0.3, 0.4) is 0 Å². The number of sulfone groups is 1. The second-order valence-corrected chi connectivity index (χ2v) is 7.11. The molecular weight excluding hydrogens is 389 g/mol. The first-order valence-corrected chi connectivity index (χ1v) is 8.21. The van der Waals surface area contributed by atoms with Crippen molar-refractivity contribution in [3.8, 4) is 0 Å². The third kappa shape index (κ3) is 3.90. The van der Waals surface area contributed by atoms with E-state index in [1.165, 1.54) is 0 Å².